The number of anilines is 1. The molecule has 0 spiro atoms. The van der Waals surface area contributed by atoms with Crippen LogP contribution in [0.4, 0.5) is 6.01 Å². The van der Waals surface area contributed by atoms with Crippen molar-refractivity contribution >= 4 is 17.4 Å². The van der Waals surface area contributed by atoms with Crippen molar-refractivity contribution in [1.82, 2.24) is 20.5 Å². The van der Waals surface area contributed by atoms with Crippen LogP contribution < -0.4 is 10.6 Å². The Morgan fingerprint density at radius 2 is 2.28 bits per heavy atom. The molecule has 0 bridgehead atoms. The van der Waals surface area contributed by atoms with Crippen LogP contribution in [0.3, 0.4) is 0 Å². The molecule has 98 valence electrons. The fourth-order valence-corrected chi connectivity index (χ4v) is 2.14. The first kappa shape index (κ1) is 13.0. The second-order valence-electron chi connectivity index (χ2n) is 3.94. The second kappa shape index (κ2) is 5.92. The lowest BCUT2D eigenvalue weighted by Crippen LogP contribution is -2.17. The molecule has 2 aromatic rings. The average Bonchev–Trinajstić information content (AvgIpc) is 2.95. The summed E-state index contributed by atoms with van der Waals surface area (Å²) < 4.78 is 5.51. The summed E-state index contributed by atoms with van der Waals surface area (Å²) in [5, 5.41) is 17.3. The van der Waals surface area contributed by atoms with Gasteiger partial charge in [-0.15, -0.1) is 16.4 Å². The molecule has 0 amide bonds. The molecule has 2 rings (SSSR count). The molecule has 7 heteroatoms. The minimum Gasteiger partial charge on any atom is -0.406 e. The summed E-state index contributed by atoms with van der Waals surface area (Å²) in [7, 11) is 0. The van der Waals surface area contributed by atoms with Gasteiger partial charge in [-0.3, -0.25) is 0 Å². The quantitative estimate of drug-likeness (QED) is 0.835. The van der Waals surface area contributed by atoms with Gasteiger partial charge in [0.2, 0.25) is 5.89 Å². The van der Waals surface area contributed by atoms with Gasteiger partial charge in [0.05, 0.1) is 23.3 Å². The summed E-state index contributed by atoms with van der Waals surface area (Å²) in [6.45, 7) is 7.48. The van der Waals surface area contributed by atoms with Crippen molar-refractivity contribution < 1.29 is 4.42 Å². The fraction of sp³-hybridized carbons (Fsp3) is 0.545. The first-order valence-corrected chi connectivity index (χ1v) is 6.78. The number of nitrogens with one attached hydrogen (secondary N) is 2. The lowest BCUT2D eigenvalue weighted by molar-refractivity contribution is 0.428. The zero-order valence-corrected chi connectivity index (χ0v) is 11.5. The van der Waals surface area contributed by atoms with Gasteiger partial charge < -0.3 is 15.1 Å². The summed E-state index contributed by atoms with van der Waals surface area (Å²) >= 11 is 1.63. The van der Waals surface area contributed by atoms with Gasteiger partial charge in [-0.1, -0.05) is 12.0 Å². The minimum absolute atomic E-state index is 0.0690. The van der Waals surface area contributed by atoms with E-state index in [2.05, 4.69) is 25.8 Å². The van der Waals surface area contributed by atoms with E-state index in [9.17, 15) is 0 Å². The summed E-state index contributed by atoms with van der Waals surface area (Å²) in [6, 6.07) is 0.500. The van der Waals surface area contributed by atoms with Crippen molar-refractivity contribution in [2.24, 2.45) is 0 Å². The molecule has 2 heterocycles. The van der Waals surface area contributed by atoms with Crippen LogP contribution in [-0.2, 0) is 6.54 Å². The predicted molar refractivity (Wildman–Crippen MR) is 70.6 cm³/mol. The molecule has 0 aliphatic heterocycles. The molecule has 18 heavy (non-hydrogen) atoms. The lowest BCUT2D eigenvalue weighted by atomic mass is 10.3. The van der Waals surface area contributed by atoms with Gasteiger partial charge in [0.25, 0.3) is 0 Å². The maximum absolute atomic E-state index is 5.51. The predicted octanol–water partition coefficient (Wildman–Crippen LogP) is 2.12. The number of rotatable bonds is 6. The van der Waals surface area contributed by atoms with Gasteiger partial charge in [0.1, 0.15) is 0 Å². The monoisotopic (exact) mass is 267 g/mol. The van der Waals surface area contributed by atoms with Gasteiger partial charge >= 0.3 is 6.01 Å². The fourth-order valence-electron chi connectivity index (χ4n) is 1.53. The minimum atomic E-state index is 0.0690. The number of thiazole rings is 1. The molecule has 0 fully saturated rings. The van der Waals surface area contributed by atoms with Gasteiger partial charge in [-0.05, 0) is 20.4 Å². The molecular weight excluding hydrogens is 250 g/mol. The highest BCUT2D eigenvalue weighted by atomic mass is 32.1. The Hall–Kier alpha value is -1.47. The summed E-state index contributed by atoms with van der Waals surface area (Å²) in [6.07, 6.45) is 0. The molecule has 0 saturated heterocycles. The highest BCUT2D eigenvalue weighted by Gasteiger charge is 2.12. The molecule has 0 aliphatic rings. The molecule has 0 radical (unpaired) electrons. The molecule has 0 aromatic carbocycles. The Morgan fingerprint density at radius 3 is 2.94 bits per heavy atom. The van der Waals surface area contributed by atoms with Crippen LogP contribution in [0.5, 0.6) is 0 Å². The smallest absolute Gasteiger partial charge is 0.315 e. The van der Waals surface area contributed by atoms with Gasteiger partial charge in [0.15, 0.2) is 0 Å². The second-order valence-corrected chi connectivity index (χ2v) is 5.00. The van der Waals surface area contributed by atoms with Crippen LogP contribution in [0.25, 0.3) is 0 Å². The van der Waals surface area contributed by atoms with Crippen molar-refractivity contribution in [3.63, 3.8) is 0 Å². The normalized spacial score (nSPS) is 12.6. The Morgan fingerprint density at radius 1 is 1.44 bits per heavy atom. The summed E-state index contributed by atoms with van der Waals surface area (Å²) in [5.41, 5.74) is 0.983. The average molecular weight is 267 g/mol. The molecule has 2 N–H and O–H groups in total. The van der Waals surface area contributed by atoms with E-state index in [1.165, 1.54) is 0 Å². The van der Waals surface area contributed by atoms with E-state index in [0.29, 0.717) is 18.5 Å². The first-order valence-electron chi connectivity index (χ1n) is 5.90. The van der Waals surface area contributed by atoms with E-state index >= 15 is 0 Å². The topological polar surface area (TPSA) is 75.9 Å². The summed E-state index contributed by atoms with van der Waals surface area (Å²) in [4.78, 5) is 4.35. The van der Waals surface area contributed by atoms with Crippen LogP contribution >= 0.6 is 11.3 Å². The van der Waals surface area contributed by atoms with E-state index in [-0.39, 0.29) is 6.04 Å². The van der Waals surface area contributed by atoms with Crippen molar-refractivity contribution in [1.29, 1.82) is 0 Å². The molecule has 1 atom stereocenters. The van der Waals surface area contributed by atoms with Gasteiger partial charge in [-0.25, -0.2) is 4.98 Å². The maximum Gasteiger partial charge on any atom is 0.315 e. The third kappa shape index (κ3) is 3.27. The van der Waals surface area contributed by atoms with E-state index < -0.39 is 0 Å². The highest BCUT2D eigenvalue weighted by molar-refractivity contribution is 7.09. The van der Waals surface area contributed by atoms with Crippen LogP contribution in [0.2, 0.25) is 0 Å². The largest absolute Gasteiger partial charge is 0.406 e. The van der Waals surface area contributed by atoms with Crippen molar-refractivity contribution in [2.75, 3.05) is 11.9 Å². The lowest BCUT2D eigenvalue weighted by Gasteiger charge is -2.05. The van der Waals surface area contributed by atoms with E-state index in [4.69, 9.17) is 4.42 Å². The van der Waals surface area contributed by atoms with Crippen molar-refractivity contribution in [2.45, 2.75) is 33.4 Å². The first-order chi connectivity index (χ1) is 8.69. The zero-order chi connectivity index (χ0) is 13.0. The molecule has 1 unspecified atom stereocenters. The number of aromatic nitrogens is 3. The summed E-state index contributed by atoms with van der Waals surface area (Å²) in [5.74, 6) is 0.591. The molecular formula is C11H17N5OS. The molecule has 0 saturated carbocycles. The van der Waals surface area contributed by atoms with Crippen molar-refractivity contribution in [3.8, 4) is 0 Å². The highest BCUT2D eigenvalue weighted by Crippen LogP contribution is 2.14. The van der Waals surface area contributed by atoms with E-state index in [0.717, 1.165) is 17.2 Å². The molecule has 6 nitrogen and oxygen atoms in total. The van der Waals surface area contributed by atoms with Crippen LogP contribution in [0.15, 0.2) is 9.80 Å². The number of aryl methyl sites for hydroxylation is 1. The van der Waals surface area contributed by atoms with Crippen LogP contribution in [0, 0.1) is 6.92 Å². The Kier molecular flexibility index (Phi) is 4.27. The van der Waals surface area contributed by atoms with Crippen LogP contribution in [0.1, 0.15) is 36.5 Å². The number of hydrogen-bond acceptors (Lipinski definition) is 7. The van der Waals surface area contributed by atoms with E-state index in [1.54, 1.807) is 11.3 Å². The number of hydrogen-bond donors (Lipinski definition) is 2. The SMILES string of the molecule is CCNC(C)c1nnc(NCc2csc(C)n2)o1. The van der Waals surface area contributed by atoms with Crippen LogP contribution in [-0.4, -0.2) is 21.7 Å². The molecule has 2 aromatic heterocycles. The van der Waals surface area contributed by atoms with Gasteiger partial charge in [-0.2, -0.15) is 0 Å². The third-order valence-corrected chi connectivity index (χ3v) is 3.23. The van der Waals surface area contributed by atoms with E-state index in [1.807, 2.05) is 26.2 Å². The third-order valence-electron chi connectivity index (χ3n) is 2.41. The zero-order valence-electron chi connectivity index (χ0n) is 10.7. The Bertz CT molecular complexity index is 495. The van der Waals surface area contributed by atoms with Gasteiger partial charge in [0, 0.05) is 5.38 Å². The van der Waals surface area contributed by atoms with Crippen molar-refractivity contribution in [3.05, 3.63) is 22.0 Å². The maximum atomic E-state index is 5.51. The Labute approximate surface area is 110 Å². The Balaban J connectivity index is 1.90. The number of nitrogens with zero attached hydrogens (tertiary/aromatic N) is 3. The molecule has 0 aliphatic carbocycles. The standard InChI is InChI=1S/C11H17N5OS/c1-4-12-7(2)10-15-16-11(17-10)13-5-9-6-18-8(3)14-9/h6-7,12H,4-5H2,1-3H3,(H,13,16).